The number of halogens is 2. The lowest BCUT2D eigenvalue weighted by molar-refractivity contribution is 0.515. The lowest BCUT2D eigenvalue weighted by Crippen LogP contribution is -2.28. The van der Waals surface area contributed by atoms with Crippen LogP contribution in [0.5, 0.6) is 0 Å². The molecule has 0 saturated heterocycles. The molecule has 0 aliphatic rings. The molecule has 1 aromatic rings. The van der Waals surface area contributed by atoms with Gasteiger partial charge in [0.05, 0.1) is 0 Å². The molecule has 2 nitrogen and oxygen atoms in total. The molecule has 0 aliphatic carbocycles. The number of hydrogen-bond acceptors (Lipinski definition) is 2. The summed E-state index contributed by atoms with van der Waals surface area (Å²) in [4.78, 5) is 0. The number of allylic oxidation sites excluding steroid dienone is 1. The summed E-state index contributed by atoms with van der Waals surface area (Å²) in [7, 11) is 0. The molecule has 1 unspecified atom stereocenters. The van der Waals surface area contributed by atoms with E-state index < -0.39 is 0 Å². The van der Waals surface area contributed by atoms with Crippen LogP contribution in [0.1, 0.15) is 31.4 Å². The van der Waals surface area contributed by atoms with Gasteiger partial charge in [0, 0.05) is 15.5 Å². The second kappa shape index (κ2) is 6.40. The van der Waals surface area contributed by atoms with E-state index in [0.717, 1.165) is 28.5 Å². The number of hydrogen-bond donors (Lipinski definition) is 2. The Morgan fingerprint density at radius 1 is 1.56 bits per heavy atom. The van der Waals surface area contributed by atoms with Crippen molar-refractivity contribution >= 4 is 27.5 Å². The van der Waals surface area contributed by atoms with Crippen molar-refractivity contribution in [3.8, 4) is 0 Å². The fourth-order valence-electron chi connectivity index (χ4n) is 1.51. The highest BCUT2D eigenvalue weighted by Gasteiger charge is 2.10. The second-order valence-corrected chi connectivity index (χ2v) is 5.27. The molecule has 16 heavy (non-hydrogen) atoms. The van der Waals surface area contributed by atoms with E-state index in [9.17, 15) is 0 Å². The molecule has 0 spiro atoms. The van der Waals surface area contributed by atoms with Crippen LogP contribution in [-0.2, 0) is 0 Å². The van der Waals surface area contributed by atoms with Crippen LogP contribution in [0.2, 0.25) is 5.02 Å². The van der Waals surface area contributed by atoms with Crippen LogP contribution in [0.25, 0.3) is 0 Å². The predicted molar refractivity (Wildman–Crippen MR) is 73.3 cm³/mol. The van der Waals surface area contributed by atoms with Gasteiger partial charge < -0.3 is 0 Å². The van der Waals surface area contributed by atoms with E-state index in [2.05, 4.69) is 27.9 Å². The van der Waals surface area contributed by atoms with Gasteiger partial charge in [-0.05, 0) is 43.5 Å². The second-order valence-electron chi connectivity index (χ2n) is 3.92. The van der Waals surface area contributed by atoms with Crippen molar-refractivity contribution in [1.29, 1.82) is 0 Å². The average molecular weight is 304 g/mol. The third kappa shape index (κ3) is 4.26. The molecule has 0 bridgehead atoms. The van der Waals surface area contributed by atoms with Crippen LogP contribution >= 0.6 is 27.5 Å². The molecule has 0 fully saturated rings. The summed E-state index contributed by atoms with van der Waals surface area (Å²) >= 11 is 9.42. The molecule has 4 heteroatoms. The van der Waals surface area contributed by atoms with Crippen molar-refractivity contribution in [3.63, 3.8) is 0 Å². The summed E-state index contributed by atoms with van der Waals surface area (Å²) in [5.74, 6) is 5.55. The minimum atomic E-state index is 0.103. The Hall–Kier alpha value is -0.350. The topological polar surface area (TPSA) is 38.0 Å². The summed E-state index contributed by atoms with van der Waals surface area (Å²) in [5, 5.41) is 0.708. The van der Waals surface area contributed by atoms with E-state index in [-0.39, 0.29) is 6.04 Å². The first-order valence-corrected chi connectivity index (χ1v) is 6.26. The zero-order valence-corrected chi connectivity index (χ0v) is 11.6. The molecule has 3 N–H and O–H groups in total. The van der Waals surface area contributed by atoms with E-state index >= 15 is 0 Å². The van der Waals surface area contributed by atoms with Crippen molar-refractivity contribution in [2.24, 2.45) is 5.84 Å². The van der Waals surface area contributed by atoms with Crippen LogP contribution < -0.4 is 11.3 Å². The lowest BCUT2D eigenvalue weighted by Gasteiger charge is -2.17. The van der Waals surface area contributed by atoms with Gasteiger partial charge in [-0.3, -0.25) is 11.3 Å². The van der Waals surface area contributed by atoms with E-state index in [1.54, 1.807) is 0 Å². The maximum atomic E-state index is 6.00. The highest BCUT2D eigenvalue weighted by Crippen LogP contribution is 2.26. The Labute approximate surface area is 110 Å². The molecule has 1 atom stereocenters. The predicted octanol–water partition coefficient (Wildman–Crippen LogP) is 3.96. The molecule has 0 aliphatic heterocycles. The van der Waals surface area contributed by atoms with Crippen LogP contribution in [-0.4, -0.2) is 0 Å². The molecular formula is C12H16BrClN2. The molecule has 1 rings (SSSR count). The third-order valence-corrected chi connectivity index (χ3v) is 3.02. The van der Waals surface area contributed by atoms with Crippen molar-refractivity contribution in [1.82, 2.24) is 5.43 Å². The van der Waals surface area contributed by atoms with Gasteiger partial charge in [0.15, 0.2) is 0 Å². The third-order valence-electron chi connectivity index (χ3n) is 2.35. The fraction of sp³-hybridized carbons (Fsp3) is 0.333. The molecule has 0 radical (unpaired) electrons. The summed E-state index contributed by atoms with van der Waals surface area (Å²) in [6.07, 6.45) is 1.86. The minimum absolute atomic E-state index is 0.103. The smallest absolute Gasteiger partial charge is 0.0463 e. The molecule has 0 saturated carbocycles. The van der Waals surface area contributed by atoms with Crippen molar-refractivity contribution in [2.75, 3.05) is 0 Å². The summed E-state index contributed by atoms with van der Waals surface area (Å²) < 4.78 is 0.963. The first-order valence-electron chi connectivity index (χ1n) is 5.09. The normalized spacial score (nSPS) is 12.5. The molecule has 88 valence electrons. The van der Waals surface area contributed by atoms with Gasteiger partial charge in [-0.2, -0.15) is 0 Å². The Morgan fingerprint density at radius 2 is 2.25 bits per heavy atom. The van der Waals surface area contributed by atoms with Crippen LogP contribution in [0.4, 0.5) is 0 Å². The van der Waals surface area contributed by atoms with Crippen LogP contribution in [0.15, 0.2) is 34.8 Å². The minimum Gasteiger partial charge on any atom is -0.271 e. The van der Waals surface area contributed by atoms with Gasteiger partial charge in [0.2, 0.25) is 0 Å². The van der Waals surface area contributed by atoms with Gasteiger partial charge in [-0.25, -0.2) is 0 Å². The largest absolute Gasteiger partial charge is 0.271 e. The number of nitrogens with two attached hydrogens (primary N) is 1. The Balaban J connectivity index is 2.81. The first-order chi connectivity index (χ1) is 7.52. The van der Waals surface area contributed by atoms with E-state index in [4.69, 9.17) is 17.4 Å². The molecule has 0 aromatic heterocycles. The van der Waals surface area contributed by atoms with Gasteiger partial charge in [-0.1, -0.05) is 33.1 Å². The van der Waals surface area contributed by atoms with Crippen molar-refractivity contribution < 1.29 is 0 Å². The van der Waals surface area contributed by atoms with Gasteiger partial charge in [0.25, 0.3) is 0 Å². The van der Waals surface area contributed by atoms with Gasteiger partial charge in [-0.15, -0.1) is 6.58 Å². The Bertz CT molecular complexity index is 359. The SMILES string of the molecule is C=C(C)CCC(NN)c1cc(Cl)cc(Br)c1. The fourth-order valence-corrected chi connectivity index (χ4v) is 2.40. The standard InChI is InChI=1S/C12H16BrClN2/c1-8(2)3-4-12(16-15)9-5-10(13)7-11(14)6-9/h5-7,12,16H,1,3-4,15H2,2H3. The average Bonchev–Trinajstić information content (AvgIpc) is 2.16. The van der Waals surface area contributed by atoms with Crippen LogP contribution in [0, 0.1) is 0 Å². The number of hydrazine groups is 1. The number of nitrogens with one attached hydrogen (secondary N) is 1. The Kier molecular flexibility index (Phi) is 5.49. The first kappa shape index (κ1) is 13.7. The van der Waals surface area contributed by atoms with Crippen molar-refractivity contribution in [3.05, 3.63) is 45.4 Å². The maximum absolute atomic E-state index is 6.00. The zero-order chi connectivity index (χ0) is 12.1. The van der Waals surface area contributed by atoms with Gasteiger partial charge >= 0.3 is 0 Å². The number of benzene rings is 1. The van der Waals surface area contributed by atoms with Gasteiger partial charge in [0.1, 0.15) is 0 Å². The summed E-state index contributed by atoms with van der Waals surface area (Å²) in [6.45, 7) is 5.90. The van der Waals surface area contributed by atoms with E-state index in [1.165, 1.54) is 0 Å². The maximum Gasteiger partial charge on any atom is 0.0463 e. The lowest BCUT2D eigenvalue weighted by atomic mass is 10.0. The summed E-state index contributed by atoms with van der Waals surface area (Å²) in [5.41, 5.74) is 5.05. The molecule has 0 heterocycles. The monoisotopic (exact) mass is 302 g/mol. The van der Waals surface area contributed by atoms with E-state index in [0.29, 0.717) is 5.02 Å². The van der Waals surface area contributed by atoms with Crippen LogP contribution in [0.3, 0.4) is 0 Å². The Morgan fingerprint density at radius 3 is 2.75 bits per heavy atom. The molecule has 1 aromatic carbocycles. The highest BCUT2D eigenvalue weighted by molar-refractivity contribution is 9.10. The van der Waals surface area contributed by atoms with E-state index in [1.807, 2.05) is 25.1 Å². The zero-order valence-electron chi connectivity index (χ0n) is 9.26. The summed E-state index contributed by atoms with van der Waals surface area (Å²) in [6, 6.07) is 5.91. The highest BCUT2D eigenvalue weighted by atomic mass is 79.9. The quantitative estimate of drug-likeness (QED) is 0.491. The number of rotatable bonds is 5. The van der Waals surface area contributed by atoms with Crippen molar-refractivity contribution in [2.45, 2.75) is 25.8 Å². The molecular weight excluding hydrogens is 288 g/mol. The molecule has 0 amide bonds.